The second-order valence-corrected chi connectivity index (χ2v) is 27.6. The van der Waals surface area contributed by atoms with Crippen LogP contribution in [0.5, 0.6) is 0 Å². The van der Waals surface area contributed by atoms with Gasteiger partial charge in [0.25, 0.3) is 22.2 Å². The molecule has 123 heavy (non-hydrogen) atoms. The number of anilines is 3. The molecule has 0 radical (unpaired) electrons. The molecule has 0 aliphatic rings. The molecule has 31 nitrogen and oxygen atoms in total. The van der Waals surface area contributed by atoms with Crippen LogP contribution in [0.3, 0.4) is 0 Å². The molecule has 610 valence electrons. The van der Waals surface area contributed by atoms with Gasteiger partial charge in [0.2, 0.25) is 0 Å². The maximum atomic E-state index is 14.6. The first-order valence-electron chi connectivity index (χ1n) is 41.5. The van der Waals surface area contributed by atoms with Crippen molar-refractivity contribution < 1.29 is 25.8 Å². The molecule has 0 saturated heterocycles. The fraction of sp³-hybridized carbons (Fsp3) is 0.125. The van der Waals surface area contributed by atoms with Gasteiger partial charge in [-0.05, 0) is 135 Å². The van der Waals surface area contributed by atoms with Crippen molar-refractivity contribution in [2.24, 2.45) is 4.99 Å². The zero-order chi connectivity index (χ0) is 90.0. The summed E-state index contributed by atoms with van der Waals surface area (Å²) in [6, 6.07) is 52.4. The minimum atomic E-state index is -0.641. The van der Waals surface area contributed by atoms with Crippen LogP contribution in [0, 0.1) is 23.3 Å². The van der Waals surface area contributed by atoms with Gasteiger partial charge in [-0.3, -0.25) is 42.4 Å². The smallest absolute Gasteiger partial charge is 0.269 e. The van der Waals surface area contributed by atoms with Gasteiger partial charge in [0.05, 0.1) is 105 Å². The van der Waals surface area contributed by atoms with E-state index < -0.39 is 69.7 Å². The summed E-state index contributed by atoms with van der Waals surface area (Å²) in [7, 11) is 0. The van der Waals surface area contributed by atoms with E-state index in [4.69, 9.17) is 18.2 Å². The number of H-pyrrole nitrogens is 5. The number of halogens is 4. The molecule has 0 unspecified atom stereocenters. The van der Waals surface area contributed by atoms with Crippen LogP contribution in [0.25, 0.3) is 111 Å². The van der Waals surface area contributed by atoms with Crippen molar-refractivity contribution >= 4 is 106 Å². The molecule has 0 bridgehead atoms. The standard InChI is InChI=1S/C23H19FN6O.2C22H18FN7O.C21H16FN7O/c1-2-16(28-21-20-18(11-12-25-21)26-13-27-20)22-29-17-10-6-9-15(24)19(17)23(31)30(22)14-7-4-3-5-8-14;2*1-2-15(28-20-18-19(25-11-24-18)26-12-27-20)21-29-16-10-6-9-14(23)17(16)22(31)30(21)13-7-4-3-5-8-13;1-12(27-19-17-18(24-10-23-17)25-11-26-19)20-28-16-8-7-13(22)9-15(16)21(30)29(20)14-5-3-2-4-6-14/h3-13,16H,2H2,1H3,(H,25,28)(H,26,27);2*3-12,15H,2H2,1H3,(H2,24,25,26,27,28);2-12H,1H3,(H2,23,24,25,26,27)/t16-;2*15-;12-/m0000/s1/i13D;11D,12D;12D;10D,11D. The van der Waals surface area contributed by atoms with Crippen LogP contribution in [0.2, 0.25) is 0 Å². The van der Waals surface area contributed by atoms with Gasteiger partial charge < -0.3 is 40.9 Å². The van der Waals surface area contributed by atoms with Gasteiger partial charge in [-0.15, -0.1) is 0 Å². The summed E-state index contributed by atoms with van der Waals surface area (Å²) in [6.45, 7) is 7.54. The SMILES string of the molecule is [2H]c1nc(=N[C@@H](CC)c2nc3cccc(F)c3c(=O)n2-c2ccccc2)c2[nH]cnc2[nH]1.[2H]c1nc(N[C@@H](C)c2nc3ccc(F)cc3c(=O)n2-c2ccccc2)c2nc([2H])[nH]c2n1.[2H]c1nc(N[C@@H](CC)c2nc3cccc(F)c3c(=O)n2-c2ccccc2)c2nc([2H])[nH]c2n1.[2H]c1nc2c(N[C@@H](CC)c3nc4cccc(F)c4c(=O)n3-c3ccccc3)nccc2[nH]1. The highest BCUT2D eigenvalue weighted by atomic mass is 19.1. The maximum absolute atomic E-state index is 14.6. The monoisotopic (exact) mass is 1650 g/mol. The highest BCUT2D eigenvalue weighted by Gasteiger charge is 2.28. The van der Waals surface area contributed by atoms with Crippen molar-refractivity contribution in [2.45, 2.75) is 71.1 Å². The third kappa shape index (κ3) is 15.7. The predicted molar refractivity (Wildman–Crippen MR) is 459 cm³/mol. The van der Waals surface area contributed by atoms with Gasteiger partial charge in [-0.2, -0.15) is 0 Å². The molecular weight excluding hydrogens is 1580 g/mol. The molecule has 35 heteroatoms. The number of pyridine rings is 1. The topological polar surface area (TPSA) is 396 Å². The second kappa shape index (κ2) is 34.6. The van der Waals surface area contributed by atoms with Gasteiger partial charge >= 0.3 is 0 Å². The lowest BCUT2D eigenvalue weighted by Crippen LogP contribution is -2.28. The number of benzene rings is 8. The molecule has 8 aromatic carbocycles. The summed E-state index contributed by atoms with van der Waals surface area (Å²) in [4.78, 5) is 132. The Morgan fingerprint density at radius 2 is 0.829 bits per heavy atom. The van der Waals surface area contributed by atoms with Crippen LogP contribution in [0.4, 0.5) is 35.0 Å². The fourth-order valence-corrected chi connectivity index (χ4v) is 14.2. The van der Waals surface area contributed by atoms with Crippen LogP contribution in [0.15, 0.2) is 275 Å². The zero-order valence-electron chi connectivity index (χ0n) is 71.3. The van der Waals surface area contributed by atoms with E-state index in [1.807, 2.05) is 57.2 Å². The molecule has 4 atom stereocenters. The Balaban J connectivity index is 0.000000121. The van der Waals surface area contributed by atoms with Crippen LogP contribution >= 0.6 is 0 Å². The average molecular weight is 1650 g/mol. The van der Waals surface area contributed by atoms with E-state index in [-0.39, 0.29) is 104 Å². The zero-order valence-corrected chi connectivity index (χ0v) is 65.3. The Morgan fingerprint density at radius 3 is 1.33 bits per heavy atom. The highest BCUT2D eigenvalue weighted by Crippen LogP contribution is 2.32. The van der Waals surface area contributed by atoms with Crippen molar-refractivity contribution in [3.8, 4) is 22.7 Å². The molecule has 0 fully saturated rings. The van der Waals surface area contributed by atoms with Crippen molar-refractivity contribution in [1.82, 2.24) is 113 Å². The van der Waals surface area contributed by atoms with Crippen LogP contribution in [-0.2, 0) is 0 Å². The fourth-order valence-electron chi connectivity index (χ4n) is 14.2. The summed E-state index contributed by atoms with van der Waals surface area (Å²) in [5, 5.41) is 9.60. The molecule has 0 amide bonds. The first kappa shape index (κ1) is 71.8. The number of hydrogen-bond donors (Lipinski definition) is 8. The molecule has 0 aliphatic heterocycles. The van der Waals surface area contributed by atoms with Crippen molar-refractivity contribution in [3.63, 3.8) is 0 Å². The van der Waals surface area contributed by atoms with Crippen molar-refractivity contribution in [1.29, 1.82) is 0 Å². The van der Waals surface area contributed by atoms with Gasteiger partial charge in [0, 0.05) is 6.20 Å². The van der Waals surface area contributed by atoms with E-state index in [1.54, 1.807) is 122 Å². The molecule has 12 aromatic heterocycles. The lowest BCUT2D eigenvalue weighted by molar-refractivity contribution is 0.603. The molecular formula is C88H71F4N27O4. The number of aromatic amines is 5. The number of nitrogens with zero attached hydrogens (tertiary/aromatic N) is 19. The Morgan fingerprint density at radius 1 is 0.398 bits per heavy atom. The van der Waals surface area contributed by atoms with E-state index in [0.717, 1.165) is 0 Å². The Hall–Kier alpha value is -16.5. The molecule has 0 spiro atoms. The number of hydrogen-bond acceptors (Lipinski definition) is 22. The summed E-state index contributed by atoms with van der Waals surface area (Å²) in [6.07, 6.45) is 3.86. The maximum Gasteiger partial charge on any atom is 0.269 e. The molecule has 0 aliphatic carbocycles. The van der Waals surface area contributed by atoms with Gasteiger partial charge in [-0.1, -0.05) is 112 Å². The van der Waals surface area contributed by atoms with E-state index >= 15 is 0 Å². The van der Waals surface area contributed by atoms with Crippen molar-refractivity contribution in [3.05, 3.63) is 344 Å². The highest BCUT2D eigenvalue weighted by molar-refractivity contribution is 5.87. The number of rotatable bonds is 18. The summed E-state index contributed by atoms with van der Waals surface area (Å²) in [5.41, 5.74) is 5.06. The molecule has 0 saturated carbocycles. The minimum Gasteiger partial charge on any atom is -0.358 e. The van der Waals surface area contributed by atoms with E-state index in [2.05, 4.69) is 106 Å². The van der Waals surface area contributed by atoms with Crippen molar-refractivity contribution in [2.75, 3.05) is 16.0 Å². The predicted octanol–water partition coefficient (Wildman–Crippen LogP) is 14.7. The van der Waals surface area contributed by atoms with E-state index in [0.29, 0.717) is 110 Å². The summed E-state index contributed by atoms with van der Waals surface area (Å²) < 4.78 is 110. The van der Waals surface area contributed by atoms with Crippen LogP contribution < -0.4 is 43.7 Å². The summed E-state index contributed by atoms with van der Waals surface area (Å²) in [5.74, 6) is 0.0454. The van der Waals surface area contributed by atoms with Crippen LogP contribution in [0.1, 0.15) is 103 Å². The van der Waals surface area contributed by atoms with E-state index in [1.165, 1.54) is 79.2 Å². The number of nitrogens with one attached hydrogen (secondary N) is 8. The molecule has 12 heterocycles. The average Bonchev–Trinajstić information content (AvgIpc) is 1.31. The lowest BCUT2D eigenvalue weighted by atomic mass is 10.1. The second-order valence-electron chi connectivity index (χ2n) is 27.6. The number of fused-ring (bicyclic) bond motifs is 8. The first-order chi connectivity index (χ1) is 62.5. The Bertz CT molecular complexity index is 8030. The van der Waals surface area contributed by atoms with Gasteiger partial charge in [0.1, 0.15) is 112 Å². The number of para-hydroxylation sites is 4. The Kier molecular flexibility index (Phi) is 20.2. The first-order valence-corrected chi connectivity index (χ1v) is 38.5. The van der Waals surface area contributed by atoms with Gasteiger partial charge in [0.15, 0.2) is 39.9 Å². The minimum absolute atomic E-state index is 0.0320. The molecule has 20 rings (SSSR count). The third-order valence-electron chi connectivity index (χ3n) is 20.0. The Labute approximate surface area is 700 Å². The lowest BCUT2D eigenvalue weighted by Gasteiger charge is -2.22. The van der Waals surface area contributed by atoms with E-state index in [9.17, 15) is 36.7 Å². The normalized spacial score (nSPS) is 13.2. The quantitative estimate of drug-likeness (QED) is 0.0370. The van der Waals surface area contributed by atoms with Crippen LogP contribution in [-0.4, -0.2) is 113 Å². The largest absolute Gasteiger partial charge is 0.358 e. The molecule has 20 aromatic rings. The number of aromatic nitrogens is 23. The molecule has 8 N–H and O–H groups in total. The number of imidazole rings is 4. The summed E-state index contributed by atoms with van der Waals surface area (Å²) >= 11 is 0. The third-order valence-corrected chi connectivity index (χ3v) is 20.0. The van der Waals surface area contributed by atoms with Gasteiger partial charge in [-0.25, -0.2) is 87.3 Å².